The SMILES string of the molecule is CCOc1ccc(CCC(=O)Nc2cccc(Cl)c2)cc1OC. The highest BCUT2D eigenvalue weighted by atomic mass is 35.5. The van der Waals surface area contributed by atoms with Gasteiger partial charge in [0.05, 0.1) is 13.7 Å². The van der Waals surface area contributed by atoms with Crippen molar-refractivity contribution >= 4 is 23.2 Å². The van der Waals surface area contributed by atoms with Crippen LogP contribution in [0, 0.1) is 0 Å². The number of benzene rings is 2. The first kappa shape index (κ1) is 17.2. The molecule has 0 bridgehead atoms. The van der Waals surface area contributed by atoms with Gasteiger partial charge in [-0.3, -0.25) is 4.79 Å². The molecule has 0 radical (unpaired) electrons. The van der Waals surface area contributed by atoms with E-state index in [1.54, 1.807) is 25.3 Å². The fraction of sp³-hybridized carbons (Fsp3) is 0.278. The molecule has 2 aromatic rings. The minimum absolute atomic E-state index is 0.0554. The first-order valence-electron chi connectivity index (χ1n) is 7.47. The molecule has 122 valence electrons. The molecule has 2 rings (SSSR count). The molecular weight excluding hydrogens is 314 g/mol. The molecule has 0 saturated heterocycles. The molecule has 1 N–H and O–H groups in total. The zero-order valence-corrected chi connectivity index (χ0v) is 14.0. The Hall–Kier alpha value is -2.20. The highest BCUT2D eigenvalue weighted by Crippen LogP contribution is 2.28. The van der Waals surface area contributed by atoms with Crippen LogP contribution < -0.4 is 14.8 Å². The topological polar surface area (TPSA) is 47.6 Å². The van der Waals surface area contributed by atoms with E-state index in [2.05, 4.69) is 5.32 Å². The van der Waals surface area contributed by atoms with Crippen molar-refractivity contribution in [2.45, 2.75) is 19.8 Å². The van der Waals surface area contributed by atoms with E-state index in [1.807, 2.05) is 31.2 Å². The second-order valence-corrected chi connectivity index (χ2v) is 5.41. The van der Waals surface area contributed by atoms with Crippen LogP contribution in [0.2, 0.25) is 5.02 Å². The van der Waals surface area contributed by atoms with E-state index in [0.29, 0.717) is 41.7 Å². The Labute approximate surface area is 141 Å². The van der Waals surface area contributed by atoms with Gasteiger partial charge in [0.2, 0.25) is 5.91 Å². The number of rotatable bonds is 7. The van der Waals surface area contributed by atoms with Gasteiger partial charge < -0.3 is 14.8 Å². The lowest BCUT2D eigenvalue weighted by atomic mass is 10.1. The molecule has 4 nitrogen and oxygen atoms in total. The summed E-state index contributed by atoms with van der Waals surface area (Å²) in [5.74, 6) is 1.34. The summed E-state index contributed by atoms with van der Waals surface area (Å²) in [4.78, 5) is 12.0. The maximum Gasteiger partial charge on any atom is 0.224 e. The maximum atomic E-state index is 12.0. The van der Waals surface area contributed by atoms with Crippen molar-refractivity contribution in [1.82, 2.24) is 0 Å². The Kier molecular flexibility index (Phi) is 6.29. The van der Waals surface area contributed by atoms with Crippen molar-refractivity contribution in [2.75, 3.05) is 19.0 Å². The second kappa shape index (κ2) is 8.44. The molecule has 0 fully saturated rings. The molecule has 0 heterocycles. The lowest BCUT2D eigenvalue weighted by Gasteiger charge is -2.11. The first-order chi connectivity index (χ1) is 11.1. The van der Waals surface area contributed by atoms with Crippen LogP contribution in [0.4, 0.5) is 5.69 Å². The number of hydrogen-bond donors (Lipinski definition) is 1. The second-order valence-electron chi connectivity index (χ2n) is 4.98. The fourth-order valence-electron chi connectivity index (χ4n) is 2.19. The summed E-state index contributed by atoms with van der Waals surface area (Å²) < 4.78 is 10.8. The van der Waals surface area contributed by atoms with Crippen molar-refractivity contribution < 1.29 is 14.3 Å². The number of anilines is 1. The van der Waals surface area contributed by atoms with Gasteiger partial charge in [-0.1, -0.05) is 23.7 Å². The third kappa shape index (κ3) is 5.18. The predicted octanol–water partition coefficient (Wildman–Crippen LogP) is 4.32. The molecule has 0 saturated carbocycles. The molecule has 0 aliphatic rings. The molecule has 0 aromatic heterocycles. The van der Waals surface area contributed by atoms with Crippen LogP contribution in [0.3, 0.4) is 0 Å². The maximum absolute atomic E-state index is 12.0. The Morgan fingerprint density at radius 1 is 1.17 bits per heavy atom. The summed E-state index contributed by atoms with van der Waals surface area (Å²) >= 11 is 5.90. The van der Waals surface area contributed by atoms with Gasteiger partial charge >= 0.3 is 0 Å². The summed E-state index contributed by atoms with van der Waals surface area (Å²) in [6.45, 7) is 2.51. The van der Waals surface area contributed by atoms with E-state index < -0.39 is 0 Å². The van der Waals surface area contributed by atoms with Crippen molar-refractivity contribution in [1.29, 1.82) is 0 Å². The normalized spacial score (nSPS) is 10.2. The highest BCUT2D eigenvalue weighted by molar-refractivity contribution is 6.30. The Balaban J connectivity index is 1.93. The lowest BCUT2D eigenvalue weighted by Crippen LogP contribution is -2.12. The number of halogens is 1. The van der Waals surface area contributed by atoms with E-state index in [0.717, 1.165) is 5.56 Å². The van der Waals surface area contributed by atoms with Crippen LogP contribution in [-0.2, 0) is 11.2 Å². The lowest BCUT2D eigenvalue weighted by molar-refractivity contribution is -0.116. The van der Waals surface area contributed by atoms with Crippen molar-refractivity contribution in [2.24, 2.45) is 0 Å². The van der Waals surface area contributed by atoms with Crippen molar-refractivity contribution in [3.8, 4) is 11.5 Å². The van der Waals surface area contributed by atoms with Crippen LogP contribution in [0.25, 0.3) is 0 Å². The van der Waals surface area contributed by atoms with Gasteiger partial charge in [-0.2, -0.15) is 0 Å². The van der Waals surface area contributed by atoms with Gasteiger partial charge in [-0.25, -0.2) is 0 Å². The number of carbonyl (C=O) groups is 1. The molecule has 0 aliphatic heterocycles. The van der Waals surface area contributed by atoms with Gasteiger partial charge in [-0.05, 0) is 49.2 Å². The molecule has 23 heavy (non-hydrogen) atoms. The highest BCUT2D eigenvalue weighted by Gasteiger charge is 2.08. The summed E-state index contributed by atoms with van der Waals surface area (Å²) in [5.41, 5.74) is 1.72. The van der Waals surface area contributed by atoms with E-state index in [4.69, 9.17) is 21.1 Å². The summed E-state index contributed by atoms with van der Waals surface area (Å²) in [6, 6.07) is 12.8. The number of nitrogens with one attached hydrogen (secondary N) is 1. The van der Waals surface area contributed by atoms with Gasteiger partial charge in [0.15, 0.2) is 11.5 Å². The summed E-state index contributed by atoms with van der Waals surface area (Å²) in [6.07, 6.45) is 0.999. The number of hydrogen-bond acceptors (Lipinski definition) is 3. The van der Waals surface area contributed by atoms with Gasteiger partial charge in [0.25, 0.3) is 0 Å². The number of amides is 1. The number of carbonyl (C=O) groups excluding carboxylic acids is 1. The average Bonchev–Trinajstić information content (AvgIpc) is 2.54. The van der Waals surface area contributed by atoms with Crippen LogP contribution in [-0.4, -0.2) is 19.6 Å². The summed E-state index contributed by atoms with van der Waals surface area (Å²) in [7, 11) is 1.60. The van der Waals surface area contributed by atoms with Crippen molar-refractivity contribution in [3.63, 3.8) is 0 Å². The number of ether oxygens (including phenoxy) is 2. The Bertz CT molecular complexity index is 673. The van der Waals surface area contributed by atoms with Crippen molar-refractivity contribution in [3.05, 3.63) is 53.1 Å². The smallest absolute Gasteiger partial charge is 0.224 e. The molecule has 0 aliphatic carbocycles. The van der Waals surface area contributed by atoms with E-state index in [-0.39, 0.29) is 5.91 Å². The van der Waals surface area contributed by atoms with Gasteiger partial charge in [0, 0.05) is 17.1 Å². The Morgan fingerprint density at radius 2 is 2.00 bits per heavy atom. The Morgan fingerprint density at radius 3 is 2.70 bits per heavy atom. The molecular formula is C18H20ClNO3. The molecule has 5 heteroatoms. The molecule has 0 unspecified atom stereocenters. The van der Waals surface area contributed by atoms with E-state index in [1.165, 1.54) is 0 Å². The predicted molar refractivity (Wildman–Crippen MR) is 92.6 cm³/mol. The zero-order chi connectivity index (χ0) is 16.7. The number of aryl methyl sites for hydroxylation is 1. The third-order valence-electron chi connectivity index (χ3n) is 3.28. The van der Waals surface area contributed by atoms with Crippen LogP contribution >= 0.6 is 11.6 Å². The monoisotopic (exact) mass is 333 g/mol. The zero-order valence-electron chi connectivity index (χ0n) is 13.3. The molecule has 0 spiro atoms. The van der Waals surface area contributed by atoms with Gasteiger partial charge in [0.1, 0.15) is 0 Å². The molecule has 0 atom stereocenters. The standard InChI is InChI=1S/C18H20ClNO3/c1-3-23-16-9-7-13(11-17(16)22-2)8-10-18(21)20-15-6-4-5-14(19)12-15/h4-7,9,11-12H,3,8,10H2,1-2H3,(H,20,21). The molecule has 2 aromatic carbocycles. The van der Waals surface area contributed by atoms with Crippen LogP contribution in [0.15, 0.2) is 42.5 Å². The van der Waals surface area contributed by atoms with E-state index in [9.17, 15) is 4.79 Å². The first-order valence-corrected chi connectivity index (χ1v) is 7.85. The number of methoxy groups -OCH3 is 1. The van der Waals surface area contributed by atoms with E-state index >= 15 is 0 Å². The largest absolute Gasteiger partial charge is 0.493 e. The third-order valence-corrected chi connectivity index (χ3v) is 3.51. The van der Waals surface area contributed by atoms with Crippen LogP contribution in [0.5, 0.6) is 11.5 Å². The minimum Gasteiger partial charge on any atom is -0.493 e. The van der Waals surface area contributed by atoms with Crippen LogP contribution in [0.1, 0.15) is 18.9 Å². The average molecular weight is 334 g/mol. The molecule has 1 amide bonds. The van der Waals surface area contributed by atoms with Gasteiger partial charge in [-0.15, -0.1) is 0 Å². The summed E-state index contributed by atoms with van der Waals surface area (Å²) in [5, 5.41) is 3.43. The minimum atomic E-state index is -0.0554. The quantitative estimate of drug-likeness (QED) is 0.821. The fourth-order valence-corrected chi connectivity index (χ4v) is 2.38.